The molecule has 0 radical (unpaired) electrons. The minimum Gasteiger partial charge on any atom is -0.497 e. The number of carbonyl (C=O) groups is 1. The van der Waals surface area contributed by atoms with Gasteiger partial charge >= 0.3 is 0 Å². The van der Waals surface area contributed by atoms with Crippen LogP contribution in [0.15, 0.2) is 48.8 Å². The third-order valence-electron chi connectivity index (χ3n) is 4.37. The van der Waals surface area contributed by atoms with Crippen LogP contribution in [0.5, 0.6) is 11.5 Å². The van der Waals surface area contributed by atoms with Gasteiger partial charge in [-0.15, -0.1) is 0 Å². The highest BCUT2D eigenvalue weighted by Crippen LogP contribution is 2.34. The Hall–Kier alpha value is -2.56. The molecule has 0 unspecified atom stereocenters. The molecule has 0 atom stereocenters. The molecule has 1 amide bonds. The highest BCUT2D eigenvalue weighted by atomic mass is 16.5. The van der Waals surface area contributed by atoms with Crippen LogP contribution in [0.3, 0.4) is 0 Å². The molecule has 5 heteroatoms. The summed E-state index contributed by atoms with van der Waals surface area (Å²) in [5.41, 5.74) is -0.145. The first kappa shape index (κ1) is 16.3. The second kappa shape index (κ2) is 7.34. The number of pyridine rings is 1. The smallest absolute Gasteiger partial charge is 0.268 e. The van der Waals surface area contributed by atoms with Gasteiger partial charge in [-0.05, 0) is 62.1 Å². The monoisotopic (exact) mass is 326 g/mol. The largest absolute Gasteiger partial charge is 0.497 e. The lowest BCUT2D eigenvalue weighted by Gasteiger charge is -2.36. The summed E-state index contributed by atoms with van der Waals surface area (Å²) in [6, 6.07) is 11.0. The first-order valence-electron chi connectivity index (χ1n) is 8.26. The summed E-state index contributed by atoms with van der Waals surface area (Å²) in [6.07, 6.45) is 7.85. The lowest BCUT2D eigenvalue weighted by Crippen LogP contribution is -2.49. The number of nitrogens with zero attached hydrogens (tertiary/aromatic N) is 1. The minimum absolute atomic E-state index is 0.106. The Morgan fingerprint density at radius 2 is 1.79 bits per heavy atom. The van der Waals surface area contributed by atoms with Crippen LogP contribution >= 0.6 is 0 Å². The summed E-state index contributed by atoms with van der Waals surface area (Å²) in [5, 5.41) is 2.94. The molecule has 0 saturated heterocycles. The van der Waals surface area contributed by atoms with Crippen molar-refractivity contribution in [2.24, 2.45) is 0 Å². The maximum absolute atomic E-state index is 12.9. The van der Waals surface area contributed by atoms with Crippen LogP contribution in [-0.2, 0) is 4.79 Å². The Kier molecular flexibility index (Phi) is 4.99. The molecule has 1 aromatic carbocycles. The molecule has 1 saturated carbocycles. The average molecular weight is 326 g/mol. The Balaban J connectivity index is 1.79. The number of methoxy groups -OCH3 is 1. The Labute approximate surface area is 142 Å². The zero-order valence-electron chi connectivity index (χ0n) is 13.8. The van der Waals surface area contributed by atoms with Crippen molar-refractivity contribution < 1.29 is 14.3 Å². The third-order valence-corrected chi connectivity index (χ3v) is 4.37. The lowest BCUT2D eigenvalue weighted by atomic mass is 9.83. The lowest BCUT2D eigenvalue weighted by molar-refractivity contribution is -0.134. The van der Waals surface area contributed by atoms with E-state index in [1.165, 1.54) is 0 Å². The predicted molar refractivity (Wildman–Crippen MR) is 92.3 cm³/mol. The van der Waals surface area contributed by atoms with E-state index < -0.39 is 5.60 Å². The van der Waals surface area contributed by atoms with Gasteiger partial charge in [0.05, 0.1) is 19.0 Å². The van der Waals surface area contributed by atoms with Gasteiger partial charge in [-0.1, -0.05) is 6.42 Å². The fourth-order valence-electron chi connectivity index (χ4n) is 3.05. The number of anilines is 1. The zero-order chi connectivity index (χ0) is 16.8. The molecule has 5 nitrogen and oxygen atoms in total. The van der Waals surface area contributed by atoms with Gasteiger partial charge in [-0.25, -0.2) is 0 Å². The van der Waals surface area contributed by atoms with E-state index in [-0.39, 0.29) is 5.91 Å². The van der Waals surface area contributed by atoms with E-state index in [0.29, 0.717) is 24.3 Å². The number of nitrogens with one attached hydrogen (secondary N) is 1. The van der Waals surface area contributed by atoms with Crippen molar-refractivity contribution in [3.63, 3.8) is 0 Å². The second-order valence-electron chi connectivity index (χ2n) is 6.03. The van der Waals surface area contributed by atoms with Crippen molar-refractivity contribution in [1.29, 1.82) is 0 Å². The van der Waals surface area contributed by atoms with Crippen molar-refractivity contribution >= 4 is 11.6 Å². The topological polar surface area (TPSA) is 60.5 Å². The fraction of sp³-hybridized carbons (Fsp3) is 0.368. The Bertz CT molecular complexity index is 665. The van der Waals surface area contributed by atoms with Gasteiger partial charge in [0.1, 0.15) is 11.5 Å². The van der Waals surface area contributed by atoms with Crippen LogP contribution in [0.2, 0.25) is 0 Å². The van der Waals surface area contributed by atoms with Gasteiger partial charge in [0.2, 0.25) is 0 Å². The van der Waals surface area contributed by atoms with Crippen LogP contribution < -0.4 is 14.8 Å². The minimum atomic E-state index is -0.831. The van der Waals surface area contributed by atoms with Crippen molar-refractivity contribution in [2.45, 2.75) is 37.7 Å². The van der Waals surface area contributed by atoms with Crippen molar-refractivity contribution in [3.8, 4) is 11.5 Å². The Morgan fingerprint density at radius 1 is 1.08 bits per heavy atom. The molecule has 3 rings (SSSR count). The first-order chi connectivity index (χ1) is 11.7. The molecule has 1 aromatic heterocycles. The number of hydrogen-bond acceptors (Lipinski definition) is 4. The van der Waals surface area contributed by atoms with Crippen LogP contribution in [0, 0.1) is 0 Å². The van der Waals surface area contributed by atoms with E-state index in [9.17, 15) is 4.79 Å². The molecular formula is C19H22N2O3. The summed E-state index contributed by atoms with van der Waals surface area (Å²) in [6.45, 7) is 0. The number of hydrogen-bond donors (Lipinski definition) is 1. The molecular weight excluding hydrogens is 304 g/mol. The zero-order valence-corrected chi connectivity index (χ0v) is 13.8. The quantitative estimate of drug-likeness (QED) is 0.907. The molecule has 126 valence electrons. The maximum atomic E-state index is 12.9. The van der Waals surface area contributed by atoms with Gasteiger partial charge in [-0.3, -0.25) is 9.78 Å². The summed E-state index contributed by atoms with van der Waals surface area (Å²) in [4.78, 5) is 17.0. The van der Waals surface area contributed by atoms with E-state index in [2.05, 4.69) is 10.3 Å². The van der Waals surface area contributed by atoms with Crippen molar-refractivity contribution in [3.05, 3.63) is 48.8 Å². The average Bonchev–Trinajstić information content (AvgIpc) is 2.64. The molecule has 0 bridgehead atoms. The molecule has 24 heavy (non-hydrogen) atoms. The van der Waals surface area contributed by atoms with Crippen LogP contribution in [-0.4, -0.2) is 23.6 Å². The van der Waals surface area contributed by atoms with E-state index in [1.807, 2.05) is 30.3 Å². The van der Waals surface area contributed by atoms with Gasteiger partial charge in [-0.2, -0.15) is 0 Å². The number of amides is 1. The molecule has 1 heterocycles. The van der Waals surface area contributed by atoms with Crippen molar-refractivity contribution in [1.82, 2.24) is 4.98 Å². The molecule has 2 aromatic rings. The summed E-state index contributed by atoms with van der Waals surface area (Å²) in [7, 11) is 1.62. The fourth-order valence-corrected chi connectivity index (χ4v) is 3.05. The molecule has 1 fully saturated rings. The number of ether oxygens (including phenoxy) is 2. The summed E-state index contributed by atoms with van der Waals surface area (Å²) >= 11 is 0. The highest BCUT2D eigenvalue weighted by molar-refractivity contribution is 5.97. The SMILES string of the molecule is COc1ccc(OC2(C(=O)Nc3cccnc3)CCCCC2)cc1. The van der Waals surface area contributed by atoms with E-state index in [4.69, 9.17) is 9.47 Å². The van der Waals surface area contributed by atoms with E-state index >= 15 is 0 Å². The van der Waals surface area contributed by atoms with Gasteiger partial charge in [0, 0.05) is 6.20 Å². The first-order valence-corrected chi connectivity index (χ1v) is 8.26. The predicted octanol–water partition coefficient (Wildman–Crippen LogP) is 3.81. The van der Waals surface area contributed by atoms with Gasteiger partial charge < -0.3 is 14.8 Å². The number of benzene rings is 1. The highest BCUT2D eigenvalue weighted by Gasteiger charge is 2.42. The number of carbonyl (C=O) groups excluding carboxylic acids is 1. The second-order valence-corrected chi connectivity index (χ2v) is 6.03. The van der Waals surface area contributed by atoms with Gasteiger partial charge in [0.15, 0.2) is 5.60 Å². The maximum Gasteiger partial charge on any atom is 0.268 e. The van der Waals surface area contributed by atoms with E-state index in [0.717, 1.165) is 25.0 Å². The van der Waals surface area contributed by atoms with Crippen molar-refractivity contribution in [2.75, 3.05) is 12.4 Å². The molecule has 1 aliphatic carbocycles. The number of aromatic nitrogens is 1. The normalized spacial score (nSPS) is 16.2. The van der Waals surface area contributed by atoms with Crippen LogP contribution in [0.1, 0.15) is 32.1 Å². The molecule has 0 spiro atoms. The standard InChI is InChI=1S/C19H22N2O3/c1-23-16-7-9-17(10-8-16)24-19(11-3-2-4-12-19)18(22)21-15-6-5-13-20-14-15/h5-10,13-14H,2-4,11-12H2,1H3,(H,21,22). The van der Waals surface area contributed by atoms with Crippen LogP contribution in [0.25, 0.3) is 0 Å². The molecule has 1 aliphatic rings. The summed E-state index contributed by atoms with van der Waals surface area (Å²) in [5.74, 6) is 1.34. The number of rotatable bonds is 5. The molecule has 0 aliphatic heterocycles. The van der Waals surface area contributed by atoms with Crippen LogP contribution in [0.4, 0.5) is 5.69 Å². The Morgan fingerprint density at radius 3 is 2.42 bits per heavy atom. The summed E-state index contributed by atoms with van der Waals surface area (Å²) < 4.78 is 11.4. The van der Waals surface area contributed by atoms with E-state index in [1.54, 1.807) is 25.6 Å². The van der Waals surface area contributed by atoms with Gasteiger partial charge in [0.25, 0.3) is 5.91 Å². The third kappa shape index (κ3) is 3.67. The molecule has 1 N–H and O–H groups in total.